The van der Waals surface area contributed by atoms with Crippen LogP contribution < -0.4 is 15.2 Å². The third-order valence-electron chi connectivity index (χ3n) is 5.38. The Morgan fingerprint density at radius 2 is 1.86 bits per heavy atom. The second-order valence-corrected chi connectivity index (χ2v) is 8.32. The monoisotopic (exact) mass is 466 g/mol. The fraction of sp³-hybridized carbons (Fsp3) is 0.172. The van der Waals surface area contributed by atoms with Gasteiger partial charge < -0.3 is 19.8 Å². The van der Waals surface area contributed by atoms with Crippen LogP contribution in [-0.2, 0) is 6.61 Å². The first kappa shape index (κ1) is 23.8. The van der Waals surface area contributed by atoms with E-state index in [4.69, 9.17) is 15.2 Å². The van der Waals surface area contributed by atoms with Crippen LogP contribution in [0.5, 0.6) is 11.5 Å². The molecular weight excluding hydrogens is 436 g/mol. The van der Waals surface area contributed by atoms with Gasteiger partial charge in [0.15, 0.2) is 0 Å². The van der Waals surface area contributed by atoms with Crippen molar-refractivity contribution in [3.05, 3.63) is 108 Å². The van der Waals surface area contributed by atoms with Crippen molar-refractivity contribution in [2.75, 3.05) is 5.73 Å². The summed E-state index contributed by atoms with van der Waals surface area (Å²) in [6.07, 6.45) is 13.2. The van der Waals surface area contributed by atoms with E-state index in [2.05, 4.69) is 34.6 Å². The summed E-state index contributed by atoms with van der Waals surface area (Å²) in [6, 6.07) is 18.0. The van der Waals surface area contributed by atoms with Crippen LogP contribution in [0.15, 0.2) is 97.2 Å². The number of hydrogen-bond donors (Lipinski definition) is 1. The average molecular weight is 467 g/mol. The van der Waals surface area contributed by atoms with Crippen molar-refractivity contribution in [1.29, 1.82) is 0 Å². The molecule has 4 rings (SSSR count). The molecule has 2 aromatic carbocycles. The highest BCUT2D eigenvalue weighted by molar-refractivity contribution is 5.94. The number of rotatable bonds is 9. The Balaban J connectivity index is 1.52. The van der Waals surface area contributed by atoms with Crippen molar-refractivity contribution in [3.63, 3.8) is 0 Å². The number of nitrogen functional groups attached to an aromatic ring is 1. The van der Waals surface area contributed by atoms with Crippen molar-refractivity contribution in [1.82, 2.24) is 14.5 Å². The van der Waals surface area contributed by atoms with Crippen LogP contribution in [0.1, 0.15) is 37.9 Å². The zero-order valence-corrected chi connectivity index (χ0v) is 20.3. The molecule has 0 aliphatic carbocycles. The van der Waals surface area contributed by atoms with Gasteiger partial charge in [-0.15, -0.1) is 0 Å². The van der Waals surface area contributed by atoms with Crippen molar-refractivity contribution in [3.8, 4) is 11.5 Å². The van der Waals surface area contributed by atoms with Gasteiger partial charge in [0, 0.05) is 23.9 Å². The Hall–Kier alpha value is -4.32. The number of allylic oxidation sites excluding steroid dienone is 4. The van der Waals surface area contributed by atoms with Crippen LogP contribution in [0.3, 0.4) is 0 Å². The van der Waals surface area contributed by atoms with Crippen LogP contribution in [0, 0.1) is 0 Å². The summed E-state index contributed by atoms with van der Waals surface area (Å²) >= 11 is 0. The molecule has 0 aliphatic rings. The number of fused-ring (bicyclic) bond motifs is 1. The minimum atomic E-state index is 0.253. The van der Waals surface area contributed by atoms with Crippen LogP contribution in [0.25, 0.3) is 17.1 Å². The second kappa shape index (κ2) is 11.2. The molecule has 2 N–H and O–H groups in total. The predicted molar refractivity (Wildman–Crippen MR) is 142 cm³/mol. The Kier molecular flexibility index (Phi) is 7.63. The standard InChI is InChI=1S/C29H30N4O2/c1-4-10-24(35-26-16-9-15-25(17-26)34-19-22-11-6-5-7-12-22)14-8-13-23-18-33(21(2)3)29-27(23)28(30)31-20-32-29/h4-18,20-21H,19H2,1-3H3,(H2,30,31,32)/b10-4-,13-8+,24-14+. The molecule has 6 nitrogen and oxygen atoms in total. The lowest BCUT2D eigenvalue weighted by atomic mass is 10.2. The van der Waals surface area contributed by atoms with Crippen molar-refractivity contribution >= 4 is 22.9 Å². The summed E-state index contributed by atoms with van der Waals surface area (Å²) in [5.41, 5.74) is 9.07. The topological polar surface area (TPSA) is 75.2 Å². The Labute approximate surface area is 206 Å². The number of nitrogens with zero attached hydrogens (tertiary/aromatic N) is 3. The molecule has 2 heterocycles. The number of nitrogens with two attached hydrogens (primary N) is 1. The maximum Gasteiger partial charge on any atom is 0.146 e. The number of aromatic nitrogens is 3. The average Bonchev–Trinajstić information content (AvgIpc) is 3.24. The number of anilines is 1. The minimum Gasteiger partial charge on any atom is -0.489 e. The molecule has 2 aromatic heterocycles. The van der Waals surface area contributed by atoms with Crippen LogP contribution in [0.2, 0.25) is 0 Å². The van der Waals surface area contributed by atoms with Crippen molar-refractivity contribution in [2.24, 2.45) is 0 Å². The van der Waals surface area contributed by atoms with E-state index >= 15 is 0 Å². The fourth-order valence-corrected chi connectivity index (χ4v) is 3.70. The first-order chi connectivity index (χ1) is 17.0. The highest BCUT2D eigenvalue weighted by Crippen LogP contribution is 2.28. The van der Waals surface area contributed by atoms with Crippen LogP contribution in [-0.4, -0.2) is 14.5 Å². The first-order valence-electron chi connectivity index (χ1n) is 11.6. The summed E-state index contributed by atoms with van der Waals surface area (Å²) in [5.74, 6) is 2.61. The highest BCUT2D eigenvalue weighted by Gasteiger charge is 2.13. The summed E-state index contributed by atoms with van der Waals surface area (Å²) in [6.45, 7) is 6.68. The molecule has 0 bridgehead atoms. The number of benzene rings is 2. The zero-order chi connectivity index (χ0) is 24.6. The maximum absolute atomic E-state index is 6.17. The van der Waals surface area contributed by atoms with Gasteiger partial charge in [-0.25, -0.2) is 9.97 Å². The fourth-order valence-electron chi connectivity index (χ4n) is 3.70. The largest absolute Gasteiger partial charge is 0.489 e. The van der Waals surface area contributed by atoms with Gasteiger partial charge in [0.2, 0.25) is 0 Å². The molecule has 0 unspecified atom stereocenters. The van der Waals surface area contributed by atoms with E-state index in [9.17, 15) is 0 Å². The SMILES string of the molecule is C\C=C/C(=C\C=C\c1cn(C(C)C)c2ncnc(N)c12)Oc1cccc(OCc2ccccc2)c1. The summed E-state index contributed by atoms with van der Waals surface area (Å²) in [5, 5.41) is 0.850. The Morgan fingerprint density at radius 1 is 1.06 bits per heavy atom. The molecule has 0 saturated heterocycles. The Morgan fingerprint density at radius 3 is 2.63 bits per heavy atom. The molecule has 0 atom stereocenters. The highest BCUT2D eigenvalue weighted by atomic mass is 16.5. The third kappa shape index (κ3) is 5.98. The molecule has 0 saturated carbocycles. The van der Waals surface area contributed by atoms with Gasteiger partial charge in [-0.3, -0.25) is 0 Å². The van der Waals surface area contributed by atoms with E-state index in [1.54, 1.807) is 0 Å². The molecule has 0 spiro atoms. The van der Waals surface area contributed by atoms with Crippen LogP contribution >= 0.6 is 0 Å². The van der Waals surface area contributed by atoms with E-state index in [1.165, 1.54) is 6.33 Å². The number of hydrogen-bond acceptors (Lipinski definition) is 5. The summed E-state index contributed by atoms with van der Waals surface area (Å²) in [4.78, 5) is 8.60. The van der Waals surface area contributed by atoms with Crippen molar-refractivity contribution in [2.45, 2.75) is 33.4 Å². The van der Waals surface area contributed by atoms with Gasteiger partial charge in [-0.2, -0.15) is 0 Å². The second-order valence-electron chi connectivity index (χ2n) is 8.32. The van der Waals surface area contributed by atoms with E-state index in [-0.39, 0.29) is 6.04 Å². The molecule has 0 fully saturated rings. The van der Waals surface area contributed by atoms with Crippen molar-refractivity contribution < 1.29 is 9.47 Å². The van der Waals surface area contributed by atoms with E-state index in [1.807, 2.05) is 91.9 Å². The lowest BCUT2D eigenvalue weighted by Gasteiger charge is -2.10. The van der Waals surface area contributed by atoms with Gasteiger partial charge in [0.25, 0.3) is 0 Å². The molecule has 0 radical (unpaired) electrons. The normalized spacial score (nSPS) is 12.3. The van der Waals surface area contributed by atoms with E-state index < -0.39 is 0 Å². The molecule has 35 heavy (non-hydrogen) atoms. The number of ether oxygens (including phenoxy) is 2. The summed E-state index contributed by atoms with van der Waals surface area (Å²) in [7, 11) is 0. The van der Waals surface area contributed by atoms with Gasteiger partial charge in [-0.1, -0.05) is 54.6 Å². The van der Waals surface area contributed by atoms with Crippen LogP contribution in [0.4, 0.5) is 5.82 Å². The van der Waals surface area contributed by atoms with Gasteiger partial charge in [0.1, 0.15) is 41.7 Å². The Bertz CT molecular complexity index is 1370. The lowest BCUT2D eigenvalue weighted by Crippen LogP contribution is -2.00. The molecular formula is C29H30N4O2. The maximum atomic E-state index is 6.17. The molecule has 178 valence electrons. The third-order valence-corrected chi connectivity index (χ3v) is 5.38. The van der Waals surface area contributed by atoms with Gasteiger partial charge in [-0.05, 0) is 50.6 Å². The molecule has 4 aromatic rings. The first-order valence-corrected chi connectivity index (χ1v) is 11.6. The lowest BCUT2D eigenvalue weighted by molar-refractivity contribution is 0.304. The smallest absolute Gasteiger partial charge is 0.146 e. The zero-order valence-electron chi connectivity index (χ0n) is 20.3. The van der Waals surface area contributed by atoms with Gasteiger partial charge >= 0.3 is 0 Å². The van der Waals surface area contributed by atoms with Gasteiger partial charge in [0.05, 0.1) is 5.39 Å². The van der Waals surface area contributed by atoms with E-state index in [0.29, 0.717) is 23.9 Å². The molecule has 6 heteroatoms. The summed E-state index contributed by atoms with van der Waals surface area (Å²) < 4.78 is 14.2. The molecule has 0 aliphatic heterocycles. The van der Waals surface area contributed by atoms with E-state index in [0.717, 1.165) is 27.9 Å². The molecule has 0 amide bonds. The minimum absolute atomic E-state index is 0.253. The predicted octanol–water partition coefficient (Wildman–Crippen LogP) is 6.73. The quantitative estimate of drug-likeness (QED) is 0.219.